The van der Waals surface area contributed by atoms with Gasteiger partial charge in [-0.05, 0) is 44.6 Å². The molecular weight excluding hydrogens is 212 g/mol. The Morgan fingerprint density at radius 1 is 1.24 bits per heavy atom. The van der Waals surface area contributed by atoms with Crippen molar-refractivity contribution in [3.05, 3.63) is 35.4 Å². The van der Waals surface area contributed by atoms with Crippen molar-refractivity contribution in [3.63, 3.8) is 0 Å². The number of aryl methyl sites for hydroxylation is 1. The molecule has 0 aliphatic heterocycles. The second kappa shape index (κ2) is 8.26. The highest BCUT2D eigenvalue weighted by molar-refractivity contribution is 5.21. The van der Waals surface area contributed by atoms with Crippen molar-refractivity contribution < 1.29 is 9.84 Å². The first kappa shape index (κ1) is 14.2. The van der Waals surface area contributed by atoms with Crippen molar-refractivity contribution in [1.82, 2.24) is 0 Å². The highest BCUT2D eigenvalue weighted by atomic mass is 16.5. The maximum Gasteiger partial charge on any atom is 0.0466 e. The Morgan fingerprint density at radius 2 is 1.94 bits per heavy atom. The summed E-state index contributed by atoms with van der Waals surface area (Å²) in [6, 6.07) is 8.56. The van der Waals surface area contributed by atoms with E-state index in [1.54, 1.807) is 0 Å². The van der Waals surface area contributed by atoms with Crippen molar-refractivity contribution in [2.75, 3.05) is 19.8 Å². The molecule has 2 heteroatoms. The van der Waals surface area contributed by atoms with E-state index >= 15 is 0 Å². The Kier molecular flexibility index (Phi) is 6.90. The summed E-state index contributed by atoms with van der Waals surface area (Å²) in [6.07, 6.45) is 3.03. The molecule has 0 fully saturated rings. The third kappa shape index (κ3) is 5.85. The average molecular weight is 236 g/mol. The Morgan fingerprint density at radius 3 is 2.53 bits per heavy atom. The van der Waals surface area contributed by atoms with Gasteiger partial charge in [0.2, 0.25) is 0 Å². The lowest BCUT2D eigenvalue weighted by molar-refractivity contribution is 0.132. The maximum absolute atomic E-state index is 9.36. The molecule has 0 radical (unpaired) electrons. The fourth-order valence-corrected chi connectivity index (χ4v) is 1.93. The number of aliphatic hydroxyl groups is 1. The molecule has 0 amide bonds. The number of hydrogen-bond donors (Lipinski definition) is 1. The van der Waals surface area contributed by atoms with Gasteiger partial charge < -0.3 is 9.84 Å². The minimum absolute atomic E-state index is 0.264. The van der Waals surface area contributed by atoms with Gasteiger partial charge in [-0.15, -0.1) is 0 Å². The van der Waals surface area contributed by atoms with Gasteiger partial charge in [0.1, 0.15) is 0 Å². The summed E-state index contributed by atoms with van der Waals surface area (Å²) in [7, 11) is 0. The molecule has 1 aromatic rings. The van der Waals surface area contributed by atoms with E-state index in [1.165, 1.54) is 11.1 Å². The third-order valence-electron chi connectivity index (χ3n) is 3.01. The van der Waals surface area contributed by atoms with E-state index in [2.05, 4.69) is 31.2 Å². The Hall–Kier alpha value is -0.860. The van der Waals surface area contributed by atoms with E-state index < -0.39 is 0 Å². The predicted molar refractivity (Wildman–Crippen MR) is 71.2 cm³/mol. The largest absolute Gasteiger partial charge is 0.396 e. The average Bonchev–Trinajstić information content (AvgIpc) is 2.35. The summed E-state index contributed by atoms with van der Waals surface area (Å²) in [5.74, 6) is 0.359. The number of benzene rings is 1. The van der Waals surface area contributed by atoms with E-state index in [0.717, 1.165) is 32.5 Å². The molecule has 0 saturated carbocycles. The van der Waals surface area contributed by atoms with Gasteiger partial charge in [-0.3, -0.25) is 0 Å². The zero-order valence-electron chi connectivity index (χ0n) is 11.0. The summed E-state index contributed by atoms with van der Waals surface area (Å²) in [5.41, 5.74) is 2.59. The SMILES string of the molecule is CCOCCCC(CO)Cc1ccc(C)cc1. The lowest BCUT2D eigenvalue weighted by atomic mass is 9.95. The molecule has 1 atom stereocenters. The van der Waals surface area contributed by atoms with Crippen LogP contribution < -0.4 is 0 Å². The van der Waals surface area contributed by atoms with E-state index in [-0.39, 0.29) is 6.61 Å². The number of aliphatic hydroxyl groups excluding tert-OH is 1. The van der Waals surface area contributed by atoms with Crippen LogP contribution in [0, 0.1) is 12.8 Å². The zero-order valence-corrected chi connectivity index (χ0v) is 11.0. The first-order valence-electron chi connectivity index (χ1n) is 6.50. The van der Waals surface area contributed by atoms with Gasteiger partial charge in [0.05, 0.1) is 0 Å². The van der Waals surface area contributed by atoms with Gasteiger partial charge in [0.15, 0.2) is 0 Å². The van der Waals surface area contributed by atoms with E-state index in [4.69, 9.17) is 4.74 Å². The molecule has 17 heavy (non-hydrogen) atoms. The third-order valence-corrected chi connectivity index (χ3v) is 3.01. The standard InChI is InChI=1S/C15H24O2/c1-3-17-10-4-5-15(12-16)11-14-8-6-13(2)7-9-14/h6-9,15-16H,3-5,10-12H2,1-2H3. The van der Waals surface area contributed by atoms with E-state index in [0.29, 0.717) is 5.92 Å². The minimum Gasteiger partial charge on any atom is -0.396 e. The van der Waals surface area contributed by atoms with E-state index in [1.807, 2.05) is 6.92 Å². The normalized spacial score (nSPS) is 12.6. The van der Waals surface area contributed by atoms with Crippen LogP contribution in [0.2, 0.25) is 0 Å². The molecule has 0 saturated heterocycles. The van der Waals surface area contributed by atoms with Crippen molar-refractivity contribution in [1.29, 1.82) is 0 Å². The van der Waals surface area contributed by atoms with Crippen molar-refractivity contribution >= 4 is 0 Å². The van der Waals surface area contributed by atoms with Crippen LogP contribution in [0.25, 0.3) is 0 Å². The maximum atomic E-state index is 9.36. The highest BCUT2D eigenvalue weighted by Crippen LogP contribution is 2.14. The molecule has 0 aliphatic rings. The summed E-state index contributed by atoms with van der Waals surface area (Å²) in [6.45, 7) is 5.95. The smallest absolute Gasteiger partial charge is 0.0466 e. The summed E-state index contributed by atoms with van der Waals surface area (Å²) in [5, 5.41) is 9.36. The Labute approximate surface area is 105 Å². The molecule has 0 aromatic heterocycles. The second-order valence-corrected chi connectivity index (χ2v) is 4.58. The first-order chi connectivity index (χ1) is 8.26. The number of rotatable bonds is 8. The summed E-state index contributed by atoms with van der Waals surface area (Å²) < 4.78 is 5.31. The monoisotopic (exact) mass is 236 g/mol. The van der Waals surface area contributed by atoms with Crippen LogP contribution in [-0.2, 0) is 11.2 Å². The first-order valence-corrected chi connectivity index (χ1v) is 6.50. The second-order valence-electron chi connectivity index (χ2n) is 4.58. The van der Waals surface area contributed by atoms with Crippen LogP contribution in [0.5, 0.6) is 0 Å². The molecule has 2 nitrogen and oxygen atoms in total. The molecule has 1 rings (SSSR count). The number of ether oxygens (including phenoxy) is 1. The minimum atomic E-state index is 0.264. The van der Waals surface area contributed by atoms with Crippen LogP contribution >= 0.6 is 0 Å². The van der Waals surface area contributed by atoms with Gasteiger partial charge in [-0.2, -0.15) is 0 Å². The topological polar surface area (TPSA) is 29.5 Å². The van der Waals surface area contributed by atoms with Crippen LogP contribution in [0.1, 0.15) is 30.9 Å². The van der Waals surface area contributed by atoms with Crippen LogP contribution in [0.4, 0.5) is 0 Å². The van der Waals surface area contributed by atoms with Crippen LogP contribution in [0.3, 0.4) is 0 Å². The Balaban J connectivity index is 2.33. The molecular formula is C15H24O2. The molecule has 0 aliphatic carbocycles. The summed E-state index contributed by atoms with van der Waals surface area (Å²) >= 11 is 0. The molecule has 0 bridgehead atoms. The molecule has 0 heterocycles. The quantitative estimate of drug-likeness (QED) is 0.703. The molecule has 1 N–H and O–H groups in total. The van der Waals surface area contributed by atoms with Crippen molar-refractivity contribution in [3.8, 4) is 0 Å². The van der Waals surface area contributed by atoms with Gasteiger partial charge >= 0.3 is 0 Å². The fourth-order valence-electron chi connectivity index (χ4n) is 1.93. The Bertz CT molecular complexity index is 292. The molecule has 1 aromatic carbocycles. The van der Waals surface area contributed by atoms with Gasteiger partial charge in [0.25, 0.3) is 0 Å². The molecule has 96 valence electrons. The predicted octanol–water partition coefficient (Wildman–Crippen LogP) is 2.96. The van der Waals surface area contributed by atoms with Crippen LogP contribution in [-0.4, -0.2) is 24.9 Å². The molecule has 1 unspecified atom stereocenters. The summed E-state index contributed by atoms with van der Waals surface area (Å²) in [4.78, 5) is 0. The van der Waals surface area contributed by atoms with Crippen molar-refractivity contribution in [2.45, 2.75) is 33.1 Å². The van der Waals surface area contributed by atoms with Gasteiger partial charge in [-0.25, -0.2) is 0 Å². The lowest BCUT2D eigenvalue weighted by Gasteiger charge is -2.14. The zero-order chi connectivity index (χ0) is 12.5. The van der Waals surface area contributed by atoms with Gasteiger partial charge in [0, 0.05) is 19.8 Å². The fraction of sp³-hybridized carbons (Fsp3) is 0.600. The van der Waals surface area contributed by atoms with Crippen molar-refractivity contribution in [2.24, 2.45) is 5.92 Å². The van der Waals surface area contributed by atoms with Gasteiger partial charge in [-0.1, -0.05) is 29.8 Å². The number of hydrogen-bond acceptors (Lipinski definition) is 2. The lowest BCUT2D eigenvalue weighted by Crippen LogP contribution is -2.11. The molecule has 0 spiro atoms. The highest BCUT2D eigenvalue weighted by Gasteiger charge is 2.08. The van der Waals surface area contributed by atoms with Crippen LogP contribution in [0.15, 0.2) is 24.3 Å². The van der Waals surface area contributed by atoms with E-state index in [9.17, 15) is 5.11 Å².